The molecule has 1 N–H and O–H groups in total. The second kappa shape index (κ2) is 6.24. The summed E-state index contributed by atoms with van der Waals surface area (Å²) < 4.78 is 5.30. The van der Waals surface area contributed by atoms with Crippen molar-refractivity contribution in [3.63, 3.8) is 0 Å². The van der Waals surface area contributed by atoms with Crippen LogP contribution in [0.3, 0.4) is 0 Å². The molecule has 0 spiro atoms. The van der Waals surface area contributed by atoms with Crippen LogP contribution in [0.15, 0.2) is 0 Å². The van der Waals surface area contributed by atoms with Crippen LogP contribution in [0.5, 0.6) is 0 Å². The van der Waals surface area contributed by atoms with Crippen LogP contribution in [-0.2, 0) is 9.53 Å². The van der Waals surface area contributed by atoms with E-state index in [0.29, 0.717) is 18.4 Å². The van der Waals surface area contributed by atoms with Gasteiger partial charge in [0.2, 0.25) is 5.91 Å². The minimum Gasteiger partial charge on any atom is -0.444 e. The van der Waals surface area contributed by atoms with Crippen LogP contribution in [0, 0.1) is 5.92 Å². The molecule has 0 aromatic rings. The number of rotatable bonds is 4. The van der Waals surface area contributed by atoms with E-state index in [1.54, 1.807) is 0 Å². The maximum Gasteiger partial charge on any atom is 0.407 e. The number of carbonyl (C=O) groups excluding carboxylic acids is 2. The molecule has 2 fully saturated rings. The summed E-state index contributed by atoms with van der Waals surface area (Å²) in [5, 5.41) is 2.90. The third kappa shape index (κ3) is 4.90. The van der Waals surface area contributed by atoms with Gasteiger partial charge in [-0.3, -0.25) is 4.79 Å². The Bertz CT molecular complexity index is 399. The van der Waals surface area contributed by atoms with Gasteiger partial charge in [-0.05, 0) is 59.3 Å². The van der Waals surface area contributed by atoms with E-state index in [1.807, 2.05) is 25.7 Å². The van der Waals surface area contributed by atoms with Gasteiger partial charge in [-0.1, -0.05) is 0 Å². The third-order valence-electron chi connectivity index (χ3n) is 4.16. The maximum atomic E-state index is 12.4. The molecule has 120 valence electrons. The fourth-order valence-corrected chi connectivity index (χ4v) is 2.90. The van der Waals surface area contributed by atoms with Crippen molar-refractivity contribution in [2.45, 2.75) is 77.5 Å². The minimum absolute atomic E-state index is 0.0832. The molecule has 2 aliphatic rings. The van der Waals surface area contributed by atoms with E-state index in [1.165, 1.54) is 0 Å². The summed E-state index contributed by atoms with van der Waals surface area (Å²) in [4.78, 5) is 26.3. The predicted molar refractivity (Wildman–Crippen MR) is 80.9 cm³/mol. The van der Waals surface area contributed by atoms with Crippen molar-refractivity contribution in [3.8, 4) is 0 Å². The number of carbonyl (C=O) groups is 2. The second-order valence-corrected chi connectivity index (χ2v) is 7.37. The zero-order chi connectivity index (χ0) is 15.6. The standard InChI is InChI=1S/C16H28N2O3/c1-11-6-5-9-18(11)14(19)10-13(12-7-8-12)17-15(20)21-16(2,3)4/h11-13H,5-10H2,1-4H3,(H,17,20)/t11-,13?/m1/s1. The summed E-state index contributed by atoms with van der Waals surface area (Å²) in [6.07, 6.45) is 4.32. The molecule has 0 aromatic heterocycles. The minimum atomic E-state index is -0.508. The molecule has 2 rings (SSSR count). The Hall–Kier alpha value is -1.26. The number of hydrogen-bond donors (Lipinski definition) is 1. The van der Waals surface area contributed by atoms with Gasteiger partial charge < -0.3 is 15.0 Å². The highest BCUT2D eigenvalue weighted by atomic mass is 16.6. The van der Waals surface area contributed by atoms with E-state index in [9.17, 15) is 9.59 Å². The molecule has 1 aliphatic heterocycles. The molecule has 0 aromatic carbocycles. The normalized spacial score (nSPS) is 23.8. The molecule has 0 bridgehead atoms. The smallest absolute Gasteiger partial charge is 0.407 e. The van der Waals surface area contributed by atoms with Crippen molar-refractivity contribution in [2.24, 2.45) is 5.92 Å². The van der Waals surface area contributed by atoms with Crippen molar-refractivity contribution in [2.75, 3.05) is 6.54 Å². The molecule has 21 heavy (non-hydrogen) atoms. The van der Waals surface area contributed by atoms with Crippen molar-refractivity contribution in [1.29, 1.82) is 0 Å². The number of ether oxygens (including phenoxy) is 1. The van der Waals surface area contributed by atoms with Crippen LogP contribution >= 0.6 is 0 Å². The Morgan fingerprint density at radius 2 is 1.95 bits per heavy atom. The van der Waals surface area contributed by atoms with E-state index in [2.05, 4.69) is 12.2 Å². The second-order valence-electron chi connectivity index (χ2n) is 7.37. The van der Waals surface area contributed by atoms with E-state index in [-0.39, 0.29) is 11.9 Å². The highest BCUT2D eigenvalue weighted by Gasteiger charge is 2.36. The van der Waals surface area contributed by atoms with Crippen LogP contribution < -0.4 is 5.32 Å². The van der Waals surface area contributed by atoms with Crippen LogP contribution in [0.4, 0.5) is 4.79 Å². The van der Waals surface area contributed by atoms with Gasteiger partial charge in [-0.2, -0.15) is 0 Å². The first-order chi connectivity index (χ1) is 9.76. The summed E-state index contributed by atoms with van der Waals surface area (Å²) in [6.45, 7) is 8.48. The van der Waals surface area contributed by atoms with Crippen molar-refractivity contribution < 1.29 is 14.3 Å². The molecule has 1 aliphatic carbocycles. The van der Waals surface area contributed by atoms with Gasteiger partial charge in [0.05, 0.1) is 0 Å². The monoisotopic (exact) mass is 296 g/mol. The first-order valence-corrected chi connectivity index (χ1v) is 8.05. The van der Waals surface area contributed by atoms with E-state index in [0.717, 1.165) is 32.2 Å². The first kappa shape index (κ1) is 16.1. The van der Waals surface area contributed by atoms with Gasteiger partial charge in [0.15, 0.2) is 0 Å². The van der Waals surface area contributed by atoms with Gasteiger partial charge in [-0.15, -0.1) is 0 Å². The van der Waals surface area contributed by atoms with Gasteiger partial charge >= 0.3 is 6.09 Å². The van der Waals surface area contributed by atoms with Crippen LogP contribution in [0.25, 0.3) is 0 Å². The Kier molecular flexibility index (Phi) is 4.79. The Labute approximate surface area is 127 Å². The molecule has 2 atom stereocenters. The highest BCUT2D eigenvalue weighted by molar-refractivity contribution is 5.78. The van der Waals surface area contributed by atoms with Gasteiger partial charge in [0.1, 0.15) is 5.60 Å². The lowest BCUT2D eigenvalue weighted by atomic mass is 10.1. The number of alkyl carbamates (subject to hydrolysis) is 1. The number of hydrogen-bond acceptors (Lipinski definition) is 3. The van der Waals surface area contributed by atoms with Crippen molar-refractivity contribution in [1.82, 2.24) is 10.2 Å². The summed E-state index contributed by atoms with van der Waals surface area (Å²) in [6, 6.07) is 0.249. The van der Waals surface area contributed by atoms with Crippen molar-refractivity contribution in [3.05, 3.63) is 0 Å². The average molecular weight is 296 g/mol. The maximum absolute atomic E-state index is 12.4. The van der Waals surface area contributed by atoms with Crippen LogP contribution in [0.2, 0.25) is 0 Å². The average Bonchev–Trinajstić information content (AvgIpc) is 3.08. The molecule has 2 amide bonds. The predicted octanol–water partition coefficient (Wildman–Crippen LogP) is 2.69. The summed E-state index contributed by atoms with van der Waals surface area (Å²) in [5.41, 5.74) is -0.508. The third-order valence-corrected chi connectivity index (χ3v) is 4.16. The summed E-state index contributed by atoms with van der Waals surface area (Å²) in [7, 11) is 0. The number of likely N-dealkylation sites (tertiary alicyclic amines) is 1. The first-order valence-electron chi connectivity index (χ1n) is 8.05. The lowest BCUT2D eigenvalue weighted by Gasteiger charge is -2.26. The fraction of sp³-hybridized carbons (Fsp3) is 0.875. The molecule has 0 radical (unpaired) electrons. The van der Waals surface area contributed by atoms with Gasteiger partial charge in [-0.25, -0.2) is 4.79 Å². The van der Waals surface area contributed by atoms with Crippen LogP contribution in [-0.4, -0.2) is 41.1 Å². The largest absolute Gasteiger partial charge is 0.444 e. The van der Waals surface area contributed by atoms with E-state index >= 15 is 0 Å². The van der Waals surface area contributed by atoms with Gasteiger partial charge in [0.25, 0.3) is 0 Å². The summed E-state index contributed by atoms with van der Waals surface area (Å²) >= 11 is 0. The van der Waals surface area contributed by atoms with Crippen molar-refractivity contribution >= 4 is 12.0 Å². The highest BCUT2D eigenvalue weighted by Crippen LogP contribution is 2.35. The number of nitrogens with one attached hydrogen (secondary N) is 1. The molecule has 1 heterocycles. The lowest BCUT2D eigenvalue weighted by molar-refractivity contribution is -0.132. The topological polar surface area (TPSA) is 58.6 Å². The Balaban J connectivity index is 1.87. The lowest BCUT2D eigenvalue weighted by Crippen LogP contribution is -2.44. The number of nitrogens with zero attached hydrogens (tertiary/aromatic N) is 1. The molecule has 1 unspecified atom stereocenters. The fourth-order valence-electron chi connectivity index (χ4n) is 2.90. The molecule has 1 saturated heterocycles. The molecule has 5 heteroatoms. The Morgan fingerprint density at radius 1 is 1.29 bits per heavy atom. The van der Waals surface area contributed by atoms with Gasteiger partial charge in [0, 0.05) is 25.0 Å². The zero-order valence-corrected chi connectivity index (χ0v) is 13.6. The molecule has 5 nitrogen and oxygen atoms in total. The SMILES string of the molecule is C[C@@H]1CCCN1C(=O)CC(NC(=O)OC(C)(C)C)C1CC1. The quantitative estimate of drug-likeness (QED) is 0.867. The Morgan fingerprint density at radius 3 is 2.43 bits per heavy atom. The molecule has 1 saturated carbocycles. The molecular weight excluding hydrogens is 268 g/mol. The molecular formula is C16H28N2O3. The van der Waals surface area contributed by atoms with E-state index < -0.39 is 11.7 Å². The number of amides is 2. The van der Waals surface area contributed by atoms with Crippen LogP contribution in [0.1, 0.15) is 59.8 Å². The van der Waals surface area contributed by atoms with E-state index in [4.69, 9.17) is 4.74 Å². The zero-order valence-electron chi connectivity index (χ0n) is 13.6. The summed E-state index contributed by atoms with van der Waals surface area (Å²) in [5.74, 6) is 0.590.